The zero-order valence-electron chi connectivity index (χ0n) is 20.1. The summed E-state index contributed by atoms with van der Waals surface area (Å²) in [5.74, 6) is 1.70. The molecule has 0 saturated carbocycles. The minimum Gasteiger partial charge on any atom is -0.493 e. The van der Waals surface area contributed by atoms with Crippen LogP contribution in [-0.4, -0.2) is 35.1 Å². The first-order chi connectivity index (χ1) is 17.0. The first-order valence-electron chi connectivity index (χ1n) is 11.1. The third-order valence-corrected chi connectivity index (χ3v) is 5.46. The Labute approximate surface area is 204 Å². The Balaban J connectivity index is 1.49. The Kier molecular flexibility index (Phi) is 7.21. The molecule has 4 rings (SSSR count). The third-order valence-electron chi connectivity index (χ3n) is 5.46. The first-order valence-corrected chi connectivity index (χ1v) is 11.1. The lowest BCUT2D eigenvalue weighted by Crippen LogP contribution is -2.13. The summed E-state index contributed by atoms with van der Waals surface area (Å²) in [6.07, 6.45) is 6.65. The molecule has 0 spiro atoms. The molecule has 2 N–H and O–H groups in total. The Morgan fingerprint density at radius 1 is 0.914 bits per heavy atom. The van der Waals surface area contributed by atoms with Crippen molar-refractivity contribution in [3.8, 4) is 22.8 Å². The molecule has 0 aliphatic carbocycles. The zero-order valence-corrected chi connectivity index (χ0v) is 20.1. The first kappa shape index (κ1) is 23.7. The lowest BCUT2D eigenvalue weighted by molar-refractivity contribution is 0.102. The molecule has 0 fully saturated rings. The fraction of sp³-hybridized carbons (Fsp3) is 0.185. The van der Waals surface area contributed by atoms with Crippen molar-refractivity contribution < 1.29 is 14.3 Å². The van der Waals surface area contributed by atoms with Gasteiger partial charge in [0.05, 0.1) is 43.9 Å². The highest BCUT2D eigenvalue weighted by molar-refractivity contribution is 6.04. The van der Waals surface area contributed by atoms with Crippen molar-refractivity contribution in [2.45, 2.75) is 19.9 Å². The molecule has 1 amide bonds. The number of rotatable bonds is 8. The third kappa shape index (κ3) is 5.73. The molecule has 2 aromatic carbocycles. The molecule has 8 nitrogen and oxygen atoms in total. The molecule has 0 radical (unpaired) electrons. The molecule has 35 heavy (non-hydrogen) atoms. The minimum atomic E-state index is -0.201. The lowest BCUT2D eigenvalue weighted by Gasteiger charge is -2.17. The van der Waals surface area contributed by atoms with E-state index in [9.17, 15) is 4.79 Å². The zero-order chi connectivity index (χ0) is 24.8. The van der Waals surface area contributed by atoms with Crippen molar-refractivity contribution in [1.29, 1.82) is 0 Å². The van der Waals surface area contributed by atoms with E-state index in [0.717, 1.165) is 16.7 Å². The minimum absolute atomic E-state index is 0.0811. The number of benzene rings is 2. The van der Waals surface area contributed by atoms with E-state index < -0.39 is 0 Å². The van der Waals surface area contributed by atoms with E-state index in [1.807, 2.05) is 56.3 Å². The van der Waals surface area contributed by atoms with Crippen LogP contribution in [-0.2, 0) is 0 Å². The molecule has 0 bridgehead atoms. The summed E-state index contributed by atoms with van der Waals surface area (Å²) in [5, 5.41) is 6.33. The number of ether oxygens (including phenoxy) is 2. The summed E-state index contributed by atoms with van der Waals surface area (Å²) in [4.78, 5) is 25.7. The number of anilines is 2. The van der Waals surface area contributed by atoms with Crippen LogP contribution in [0.2, 0.25) is 0 Å². The number of aromatic nitrogens is 3. The molecule has 2 heterocycles. The number of carbonyl (C=O) groups excluding carboxylic acids is 1. The molecule has 178 valence electrons. The second kappa shape index (κ2) is 10.6. The van der Waals surface area contributed by atoms with Gasteiger partial charge < -0.3 is 20.1 Å². The maximum atomic E-state index is 12.6. The summed E-state index contributed by atoms with van der Waals surface area (Å²) in [6.45, 7) is 3.93. The van der Waals surface area contributed by atoms with Gasteiger partial charge in [-0.2, -0.15) is 0 Å². The second-order valence-electron chi connectivity index (χ2n) is 8.06. The Hall–Kier alpha value is -4.46. The average Bonchev–Trinajstić information content (AvgIpc) is 2.88. The highest BCUT2D eigenvalue weighted by atomic mass is 16.5. The van der Waals surface area contributed by atoms with Crippen molar-refractivity contribution >= 4 is 17.4 Å². The molecule has 8 heteroatoms. The summed E-state index contributed by atoms with van der Waals surface area (Å²) < 4.78 is 10.7. The van der Waals surface area contributed by atoms with Gasteiger partial charge in [-0.3, -0.25) is 14.8 Å². The number of pyridine rings is 1. The van der Waals surface area contributed by atoms with Crippen molar-refractivity contribution in [2.24, 2.45) is 0 Å². The maximum Gasteiger partial charge on any atom is 0.257 e. The Morgan fingerprint density at radius 3 is 2.49 bits per heavy atom. The van der Waals surface area contributed by atoms with Gasteiger partial charge in [0, 0.05) is 23.6 Å². The van der Waals surface area contributed by atoms with Gasteiger partial charge in [0.15, 0.2) is 11.5 Å². The normalized spacial score (nSPS) is 11.4. The van der Waals surface area contributed by atoms with Crippen molar-refractivity contribution in [3.63, 3.8) is 0 Å². The molecule has 0 aliphatic heterocycles. The van der Waals surface area contributed by atoms with Crippen LogP contribution in [0.1, 0.15) is 34.5 Å². The average molecular weight is 470 g/mol. The number of hydrogen-bond donors (Lipinski definition) is 2. The van der Waals surface area contributed by atoms with Crippen LogP contribution in [0.4, 0.5) is 11.5 Å². The Morgan fingerprint density at radius 2 is 1.71 bits per heavy atom. The molecule has 1 unspecified atom stereocenters. The second-order valence-corrected chi connectivity index (χ2v) is 8.06. The summed E-state index contributed by atoms with van der Waals surface area (Å²) >= 11 is 0. The summed E-state index contributed by atoms with van der Waals surface area (Å²) in [5.41, 5.74) is 4.71. The van der Waals surface area contributed by atoms with E-state index in [1.54, 1.807) is 45.1 Å². The lowest BCUT2D eigenvalue weighted by atomic mass is 10.1. The summed E-state index contributed by atoms with van der Waals surface area (Å²) in [7, 11) is 3.20. The van der Waals surface area contributed by atoms with Crippen molar-refractivity contribution in [3.05, 3.63) is 90.0 Å². The standard InChI is InChI=1S/C27H27N5O3/c1-17-10-21(14-28-13-17)27(33)31-22-7-5-6-19(11-22)18(2)30-26-16-29-15-23(32-26)20-8-9-24(34-3)25(12-20)35-4/h5-16,18H,1-4H3,(H,30,32)(H,31,33). The molecule has 0 aliphatic rings. The van der Waals surface area contributed by atoms with E-state index in [1.165, 1.54) is 0 Å². The highest BCUT2D eigenvalue weighted by Gasteiger charge is 2.12. The van der Waals surface area contributed by atoms with E-state index in [2.05, 4.69) is 20.6 Å². The van der Waals surface area contributed by atoms with Crippen molar-refractivity contribution in [1.82, 2.24) is 15.0 Å². The van der Waals surface area contributed by atoms with Crippen LogP contribution in [0, 0.1) is 6.92 Å². The number of nitrogens with zero attached hydrogens (tertiary/aromatic N) is 3. The van der Waals surface area contributed by atoms with Crippen LogP contribution in [0.5, 0.6) is 11.5 Å². The number of amides is 1. The molecule has 2 aromatic heterocycles. The number of carbonyl (C=O) groups is 1. The quantitative estimate of drug-likeness (QED) is 0.362. The van der Waals surface area contributed by atoms with Gasteiger partial charge in [-0.1, -0.05) is 12.1 Å². The fourth-order valence-electron chi connectivity index (χ4n) is 3.64. The van der Waals surface area contributed by atoms with Gasteiger partial charge in [0.25, 0.3) is 5.91 Å². The largest absolute Gasteiger partial charge is 0.493 e. The van der Waals surface area contributed by atoms with Crippen LogP contribution in [0.15, 0.2) is 73.3 Å². The van der Waals surface area contributed by atoms with Gasteiger partial charge in [0.2, 0.25) is 0 Å². The smallest absolute Gasteiger partial charge is 0.257 e. The number of hydrogen-bond acceptors (Lipinski definition) is 7. The topological polar surface area (TPSA) is 98.3 Å². The van der Waals surface area contributed by atoms with E-state index in [-0.39, 0.29) is 11.9 Å². The van der Waals surface area contributed by atoms with Crippen molar-refractivity contribution in [2.75, 3.05) is 24.9 Å². The molecule has 1 atom stereocenters. The number of aryl methyl sites for hydroxylation is 1. The molecular formula is C27H27N5O3. The van der Waals surface area contributed by atoms with Gasteiger partial charge >= 0.3 is 0 Å². The van der Waals surface area contributed by atoms with Gasteiger partial charge in [-0.05, 0) is 61.4 Å². The molecule has 0 saturated heterocycles. The number of nitrogens with one attached hydrogen (secondary N) is 2. The number of methoxy groups -OCH3 is 2. The Bertz CT molecular complexity index is 1340. The fourth-order valence-corrected chi connectivity index (χ4v) is 3.64. The van der Waals surface area contributed by atoms with E-state index in [0.29, 0.717) is 34.3 Å². The molecular weight excluding hydrogens is 442 g/mol. The van der Waals surface area contributed by atoms with Crippen LogP contribution in [0.3, 0.4) is 0 Å². The maximum absolute atomic E-state index is 12.6. The predicted octanol–water partition coefficient (Wildman–Crippen LogP) is 5.29. The van der Waals surface area contributed by atoms with Gasteiger partial charge in [-0.25, -0.2) is 4.98 Å². The van der Waals surface area contributed by atoms with E-state index >= 15 is 0 Å². The van der Waals surface area contributed by atoms with Crippen LogP contribution >= 0.6 is 0 Å². The SMILES string of the molecule is COc1ccc(-c2cncc(NC(C)c3cccc(NC(=O)c4cncc(C)c4)c3)n2)cc1OC. The van der Waals surface area contributed by atoms with Gasteiger partial charge in [-0.15, -0.1) is 0 Å². The monoisotopic (exact) mass is 469 g/mol. The van der Waals surface area contributed by atoms with Gasteiger partial charge in [0.1, 0.15) is 5.82 Å². The van der Waals surface area contributed by atoms with E-state index in [4.69, 9.17) is 14.5 Å². The highest BCUT2D eigenvalue weighted by Crippen LogP contribution is 2.32. The molecule has 4 aromatic rings. The predicted molar refractivity (Wildman–Crippen MR) is 136 cm³/mol. The van der Waals surface area contributed by atoms with Crippen LogP contribution < -0.4 is 20.1 Å². The van der Waals surface area contributed by atoms with Crippen LogP contribution in [0.25, 0.3) is 11.3 Å². The summed E-state index contributed by atoms with van der Waals surface area (Å²) in [6, 6.07) is 15.0.